The van der Waals surface area contributed by atoms with Gasteiger partial charge in [-0.3, -0.25) is 4.55 Å². The van der Waals surface area contributed by atoms with E-state index >= 15 is 0 Å². The first-order valence-electron chi connectivity index (χ1n) is 13.8. The van der Waals surface area contributed by atoms with Gasteiger partial charge in [0, 0.05) is 42.0 Å². The number of hydrogen-bond acceptors (Lipinski definition) is 5. The predicted octanol–water partition coefficient (Wildman–Crippen LogP) is 1.97. The van der Waals surface area contributed by atoms with Crippen LogP contribution in [0, 0.1) is 0 Å². The molecule has 1 spiro atoms. The van der Waals surface area contributed by atoms with Gasteiger partial charge in [0.1, 0.15) is 24.4 Å². The normalized spacial score (nSPS) is 25.4. The number of fused-ring (bicyclic) bond motifs is 6. The molecule has 2 aromatic carbocycles. The van der Waals surface area contributed by atoms with Crippen molar-refractivity contribution in [2.45, 2.75) is 51.3 Å². The number of quaternary nitrogens is 1. The molecular formula is C29H33N3O5S+2. The number of nitrogens with zero attached hydrogens (tertiary/aromatic N) is 3. The molecule has 5 aliphatic rings. The van der Waals surface area contributed by atoms with Gasteiger partial charge in [-0.05, 0) is 56.9 Å². The van der Waals surface area contributed by atoms with Crippen molar-refractivity contribution in [1.29, 1.82) is 0 Å². The summed E-state index contributed by atoms with van der Waals surface area (Å²) in [6.45, 7) is 8.26. The highest BCUT2D eigenvalue weighted by Gasteiger charge is 2.64. The Hall–Kier alpha value is -3.01. The van der Waals surface area contributed by atoms with Crippen LogP contribution in [0.15, 0.2) is 29.8 Å². The van der Waals surface area contributed by atoms with E-state index in [1.807, 2.05) is 12.1 Å². The smallest absolute Gasteiger partial charge is 0.355 e. The van der Waals surface area contributed by atoms with Crippen LogP contribution in [0.1, 0.15) is 49.8 Å². The Morgan fingerprint density at radius 2 is 1.95 bits per heavy atom. The van der Waals surface area contributed by atoms with Gasteiger partial charge in [0.25, 0.3) is 0 Å². The first kappa shape index (κ1) is 24.1. The third-order valence-corrected chi connectivity index (χ3v) is 10.5. The zero-order valence-corrected chi connectivity index (χ0v) is 22.7. The first-order chi connectivity index (χ1) is 18.3. The van der Waals surface area contributed by atoms with Crippen molar-refractivity contribution >= 4 is 39.2 Å². The number of benzene rings is 2. The second-order valence-electron chi connectivity index (χ2n) is 11.0. The van der Waals surface area contributed by atoms with E-state index in [1.165, 1.54) is 16.5 Å². The Morgan fingerprint density at radius 1 is 1.13 bits per heavy atom. The minimum atomic E-state index is -4.45. The van der Waals surface area contributed by atoms with Crippen molar-refractivity contribution < 1.29 is 22.5 Å². The summed E-state index contributed by atoms with van der Waals surface area (Å²) in [5.41, 5.74) is 5.23. The molecule has 198 valence electrons. The van der Waals surface area contributed by atoms with Crippen LogP contribution in [0.25, 0.3) is 11.8 Å². The molecule has 0 aromatic heterocycles. The van der Waals surface area contributed by atoms with Crippen LogP contribution in [0.4, 0.5) is 11.4 Å². The quantitative estimate of drug-likeness (QED) is 0.368. The van der Waals surface area contributed by atoms with Crippen LogP contribution < -0.4 is 29.3 Å². The highest BCUT2D eigenvalue weighted by Crippen LogP contribution is 2.51. The average Bonchev–Trinajstić information content (AvgIpc) is 2.88. The molecule has 38 heavy (non-hydrogen) atoms. The van der Waals surface area contributed by atoms with Gasteiger partial charge in [-0.15, -0.1) is 0 Å². The van der Waals surface area contributed by atoms with Crippen LogP contribution in [-0.2, 0) is 27.8 Å². The summed E-state index contributed by atoms with van der Waals surface area (Å²) in [4.78, 5) is 16.6. The number of aryl methyl sites for hydroxylation is 2. The Kier molecular flexibility index (Phi) is 5.22. The molecule has 5 heterocycles. The summed E-state index contributed by atoms with van der Waals surface area (Å²) >= 11 is 0. The predicted molar refractivity (Wildman–Crippen MR) is 147 cm³/mol. The summed E-state index contributed by atoms with van der Waals surface area (Å²) in [5, 5.41) is 0.810. The van der Waals surface area contributed by atoms with Gasteiger partial charge in [0.15, 0.2) is 11.4 Å². The van der Waals surface area contributed by atoms with Gasteiger partial charge >= 0.3 is 16.0 Å². The fourth-order valence-corrected chi connectivity index (χ4v) is 8.39. The highest BCUT2D eigenvalue weighted by atomic mass is 32.2. The molecular weight excluding hydrogens is 502 g/mol. The zero-order valence-electron chi connectivity index (χ0n) is 21.9. The van der Waals surface area contributed by atoms with Crippen molar-refractivity contribution in [3.05, 3.63) is 57.1 Å². The van der Waals surface area contributed by atoms with E-state index in [2.05, 4.69) is 41.5 Å². The lowest BCUT2D eigenvalue weighted by atomic mass is 9.87. The SMILES string of the molecule is CCN1CCCc2cc3c(cc21)[N+]1(CCC1S(=O)(=O)O)C(=O)C1=C3Oc2cc3c(cc2=C1)CCC[N+]=3CC. The van der Waals surface area contributed by atoms with E-state index in [0.717, 1.165) is 74.1 Å². The van der Waals surface area contributed by atoms with Crippen molar-refractivity contribution in [2.24, 2.45) is 0 Å². The minimum absolute atomic E-state index is 0.235. The zero-order chi connectivity index (χ0) is 26.4. The van der Waals surface area contributed by atoms with Gasteiger partial charge in [-0.25, -0.2) is 13.9 Å². The number of carbonyl (C=O) groups excluding carboxylic acids is 1. The highest BCUT2D eigenvalue weighted by molar-refractivity contribution is 7.86. The Balaban J connectivity index is 1.49. The van der Waals surface area contributed by atoms with Crippen LogP contribution in [-0.4, -0.2) is 57.0 Å². The molecule has 1 saturated heterocycles. The summed E-state index contributed by atoms with van der Waals surface area (Å²) in [7, 11) is -4.45. The van der Waals surface area contributed by atoms with Crippen LogP contribution in [0.2, 0.25) is 0 Å². The molecule has 5 aliphatic heterocycles. The molecule has 0 aliphatic carbocycles. The largest absolute Gasteiger partial charge is 0.455 e. The third-order valence-electron chi connectivity index (χ3n) is 9.19. The van der Waals surface area contributed by atoms with E-state index in [1.54, 1.807) is 0 Å². The Bertz CT molecular complexity index is 1690. The molecule has 7 rings (SSSR count). The molecule has 2 atom stereocenters. The average molecular weight is 536 g/mol. The van der Waals surface area contributed by atoms with Crippen molar-refractivity contribution in [3.63, 3.8) is 0 Å². The summed E-state index contributed by atoms with van der Waals surface area (Å²) in [6, 6.07) is 8.31. The lowest BCUT2D eigenvalue weighted by Gasteiger charge is -2.50. The monoisotopic (exact) mass is 535 g/mol. The molecule has 0 saturated carbocycles. The van der Waals surface area contributed by atoms with Crippen LogP contribution >= 0.6 is 0 Å². The molecule has 2 unspecified atom stereocenters. The molecule has 2 aromatic rings. The molecule has 9 heteroatoms. The molecule has 1 amide bonds. The summed E-state index contributed by atoms with van der Waals surface area (Å²) < 4.78 is 43.8. The molecule has 0 bridgehead atoms. The molecule has 1 fully saturated rings. The van der Waals surface area contributed by atoms with Crippen molar-refractivity contribution in [3.8, 4) is 5.75 Å². The number of rotatable bonds is 3. The number of carbonyl (C=O) groups is 1. The maximum atomic E-state index is 14.3. The van der Waals surface area contributed by atoms with Crippen LogP contribution in [0.3, 0.4) is 0 Å². The van der Waals surface area contributed by atoms with Crippen LogP contribution in [0.5, 0.6) is 5.75 Å². The van der Waals surface area contributed by atoms with E-state index in [0.29, 0.717) is 23.6 Å². The van der Waals surface area contributed by atoms with Gasteiger partial charge in [-0.2, -0.15) is 8.42 Å². The maximum absolute atomic E-state index is 14.3. The number of amides is 1. The maximum Gasteiger partial charge on any atom is 0.355 e. The van der Waals surface area contributed by atoms with Crippen molar-refractivity contribution in [2.75, 3.05) is 37.6 Å². The summed E-state index contributed by atoms with van der Waals surface area (Å²) in [5.74, 6) is 0.897. The third kappa shape index (κ3) is 3.18. The fourth-order valence-electron chi connectivity index (χ4n) is 7.22. The van der Waals surface area contributed by atoms with Gasteiger partial charge < -0.3 is 9.64 Å². The van der Waals surface area contributed by atoms with Gasteiger partial charge in [-0.1, -0.05) is 0 Å². The summed E-state index contributed by atoms with van der Waals surface area (Å²) in [6.07, 6.45) is 6.11. The number of anilines is 1. The van der Waals surface area contributed by atoms with E-state index in [9.17, 15) is 17.8 Å². The molecule has 8 nitrogen and oxygen atoms in total. The standard InChI is InChI=1S/C29H32N3O5S/c1-3-30-10-6-8-19-14-21-25(16-23(19)30)32(12-9-27(32)38(34,35)36)29(33)22-15-20-13-18-7-5-11-31(4-2)24(18)17-26(20)37-28(21)22/h13-17,27H,3-12H2,1-2H3/q+1/p+1. The lowest BCUT2D eigenvalue weighted by Crippen LogP contribution is -2.73. The van der Waals surface area contributed by atoms with Gasteiger partial charge in [0.05, 0.1) is 24.6 Å². The number of hydrogen-bond donors (Lipinski definition) is 1. The first-order valence-corrected chi connectivity index (χ1v) is 15.3. The van der Waals surface area contributed by atoms with Gasteiger partial charge in [0.2, 0.25) is 10.7 Å². The Labute approximate surface area is 222 Å². The molecule has 1 N–H and O–H groups in total. The second-order valence-corrected chi connectivity index (χ2v) is 12.6. The Morgan fingerprint density at radius 3 is 2.66 bits per heavy atom. The van der Waals surface area contributed by atoms with E-state index < -0.39 is 20.0 Å². The number of ether oxygens (including phenoxy) is 1. The second kappa shape index (κ2) is 8.24. The minimum Gasteiger partial charge on any atom is -0.455 e. The van der Waals surface area contributed by atoms with E-state index in [4.69, 9.17) is 4.74 Å². The van der Waals surface area contributed by atoms with Crippen molar-refractivity contribution in [1.82, 2.24) is 9.06 Å². The molecule has 0 radical (unpaired) electrons. The fraction of sp³-hybridized carbons (Fsp3) is 0.448. The van der Waals surface area contributed by atoms with E-state index in [-0.39, 0.29) is 12.3 Å². The topological polar surface area (TPSA) is 86.9 Å². The lowest BCUT2D eigenvalue weighted by molar-refractivity contribution is -0.130.